The quantitative estimate of drug-likeness (QED) is 0.861. The lowest BCUT2D eigenvalue weighted by atomic mass is 10.2. The van der Waals surface area contributed by atoms with Crippen LogP contribution in [0.5, 0.6) is 0 Å². The third-order valence-corrected chi connectivity index (χ3v) is 2.97. The van der Waals surface area contributed by atoms with Gasteiger partial charge in [-0.3, -0.25) is 4.79 Å². The van der Waals surface area contributed by atoms with E-state index in [0.717, 1.165) is 0 Å². The van der Waals surface area contributed by atoms with Gasteiger partial charge in [0.05, 0.1) is 12.4 Å². The van der Waals surface area contributed by atoms with Gasteiger partial charge < -0.3 is 10.6 Å². The third-order valence-electron chi connectivity index (χ3n) is 2.97. The van der Waals surface area contributed by atoms with Crippen LogP contribution in [0.4, 0.5) is 10.2 Å². The lowest BCUT2D eigenvalue weighted by Gasteiger charge is -2.08. The number of aromatic nitrogens is 2. The maximum Gasteiger partial charge on any atom is 0.271 e. The van der Waals surface area contributed by atoms with Crippen LogP contribution in [-0.4, -0.2) is 22.4 Å². The molecular weight excluding hydrogens is 283 g/mol. The first-order chi connectivity index (χ1) is 10.6. The first kappa shape index (κ1) is 15.9. The van der Waals surface area contributed by atoms with Crippen molar-refractivity contribution in [2.45, 2.75) is 20.4 Å². The van der Waals surface area contributed by atoms with Crippen molar-refractivity contribution in [1.82, 2.24) is 15.3 Å². The lowest BCUT2D eigenvalue weighted by Crippen LogP contribution is -2.28. The molecule has 0 fully saturated rings. The summed E-state index contributed by atoms with van der Waals surface area (Å²) in [4.78, 5) is 20.0. The Labute approximate surface area is 129 Å². The maximum absolute atomic E-state index is 13.5. The second-order valence-corrected chi connectivity index (χ2v) is 5.34. The Morgan fingerprint density at radius 1 is 1.23 bits per heavy atom. The average molecular weight is 302 g/mol. The molecule has 1 amide bonds. The summed E-state index contributed by atoms with van der Waals surface area (Å²) in [5.74, 6) is 0.344. The Balaban J connectivity index is 1.92. The van der Waals surface area contributed by atoms with Gasteiger partial charge in [0, 0.05) is 18.7 Å². The van der Waals surface area contributed by atoms with Gasteiger partial charge in [-0.15, -0.1) is 0 Å². The summed E-state index contributed by atoms with van der Waals surface area (Å²) in [5, 5.41) is 5.74. The molecule has 116 valence electrons. The molecule has 2 rings (SSSR count). The van der Waals surface area contributed by atoms with E-state index in [1.54, 1.807) is 18.2 Å². The van der Waals surface area contributed by atoms with Crippen molar-refractivity contribution in [3.05, 3.63) is 53.7 Å². The zero-order chi connectivity index (χ0) is 15.9. The Morgan fingerprint density at radius 2 is 2.00 bits per heavy atom. The van der Waals surface area contributed by atoms with Crippen molar-refractivity contribution in [2.24, 2.45) is 5.92 Å². The van der Waals surface area contributed by atoms with Crippen molar-refractivity contribution < 1.29 is 9.18 Å². The minimum absolute atomic E-state index is 0.248. The molecule has 2 aromatic rings. The number of carbonyl (C=O) groups is 1. The largest absolute Gasteiger partial charge is 0.365 e. The Bertz CT molecular complexity index is 628. The summed E-state index contributed by atoms with van der Waals surface area (Å²) in [5.41, 5.74) is 0.806. The minimum Gasteiger partial charge on any atom is -0.365 e. The number of nitrogens with one attached hydrogen (secondary N) is 2. The van der Waals surface area contributed by atoms with Crippen molar-refractivity contribution >= 4 is 11.7 Å². The molecule has 0 atom stereocenters. The molecule has 0 aliphatic carbocycles. The van der Waals surface area contributed by atoms with E-state index in [9.17, 15) is 9.18 Å². The van der Waals surface area contributed by atoms with Crippen LogP contribution in [-0.2, 0) is 6.54 Å². The Hall–Kier alpha value is -2.50. The van der Waals surface area contributed by atoms with E-state index in [1.807, 2.05) is 13.8 Å². The number of carbonyl (C=O) groups excluding carboxylic acids is 1. The first-order valence-electron chi connectivity index (χ1n) is 7.14. The van der Waals surface area contributed by atoms with Crippen LogP contribution in [0.3, 0.4) is 0 Å². The number of benzene rings is 1. The topological polar surface area (TPSA) is 66.9 Å². The van der Waals surface area contributed by atoms with Gasteiger partial charge in [0.25, 0.3) is 5.91 Å². The fourth-order valence-electron chi connectivity index (χ4n) is 1.75. The number of rotatable bonds is 6. The highest BCUT2D eigenvalue weighted by Gasteiger charge is 2.08. The molecule has 1 aromatic carbocycles. The fourth-order valence-corrected chi connectivity index (χ4v) is 1.75. The summed E-state index contributed by atoms with van der Waals surface area (Å²) < 4.78 is 13.5. The van der Waals surface area contributed by atoms with Crippen LogP contribution in [0.1, 0.15) is 29.9 Å². The van der Waals surface area contributed by atoms with Gasteiger partial charge in [-0.05, 0) is 12.0 Å². The van der Waals surface area contributed by atoms with E-state index in [2.05, 4.69) is 20.6 Å². The van der Waals surface area contributed by atoms with Crippen LogP contribution in [0.25, 0.3) is 0 Å². The highest BCUT2D eigenvalue weighted by atomic mass is 19.1. The van der Waals surface area contributed by atoms with Crippen LogP contribution < -0.4 is 10.6 Å². The van der Waals surface area contributed by atoms with Crippen molar-refractivity contribution in [3.8, 4) is 0 Å². The van der Waals surface area contributed by atoms with Gasteiger partial charge in [-0.25, -0.2) is 14.4 Å². The summed E-state index contributed by atoms with van der Waals surface area (Å²) in [6, 6.07) is 6.52. The second kappa shape index (κ2) is 7.49. The maximum atomic E-state index is 13.5. The normalized spacial score (nSPS) is 10.5. The van der Waals surface area contributed by atoms with Gasteiger partial charge >= 0.3 is 0 Å². The van der Waals surface area contributed by atoms with E-state index in [0.29, 0.717) is 30.4 Å². The van der Waals surface area contributed by atoms with Crippen LogP contribution in [0, 0.1) is 11.7 Å². The molecule has 22 heavy (non-hydrogen) atoms. The monoisotopic (exact) mass is 302 g/mol. The SMILES string of the molecule is CC(C)CNC(=O)c1cnc(NCc2ccccc2F)cn1. The van der Waals surface area contributed by atoms with E-state index in [4.69, 9.17) is 0 Å². The molecule has 0 spiro atoms. The van der Waals surface area contributed by atoms with E-state index >= 15 is 0 Å². The fraction of sp³-hybridized carbons (Fsp3) is 0.312. The molecule has 1 heterocycles. The molecule has 0 bridgehead atoms. The number of halogens is 1. The number of nitrogens with zero attached hydrogens (tertiary/aromatic N) is 2. The second-order valence-electron chi connectivity index (χ2n) is 5.34. The molecular formula is C16H19FN4O. The smallest absolute Gasteiger partial charge is 0.271 e. The lowest BCUT2D eigenvalue weighted by molar-refractivity contribution is 0.0943. The average Bonchev–Trinajstić information content (AvgIpc) is 2.52. The van der Waals surface area contributed by atoms with E-state index in [1.165, 1.54) is 18.5 Å². The summed E-state index contributed by atoms with van der Waals surface area (Å²) in [6.45, 7) is 4.93. The molecule has 0 saturated heterocycles. The molecule has 2 N–H and O–H groups in total. The van der Waals surface area contributed by atoms with Gasteiger partial charge in [-0.1, -0.05) is 32.0 Å². The number of amides is 1. The van der Waals surface area contributed by atoms with E-state index in [-0.39, 0.29) is 17.4 Å². The zero-order valence-corrected chi connectivity index (χ0v) is 12.6. The van der Waals surface area contributed by atoms with Crippen LogP contribution in [0.15, 0.2) is 36.7 Å². The van der Waals surface area contributed by atoms with Gasteiger partial charge in [-0.2, -0.15) is 0 Å². The van der Waals surface area contributed by atoms with Crippen molar-refractivity contribution in [1.29, 1.82) is 0 Å². The van der Waals surface area contributed by atoms with Crippen LogP contribution >= 0.6 is 0 Å². The summed E-state index contributed by atoms with van der Waals surface area (Å²) in [6.07, 6.45) is 2.87. The molecule has 0 unspecified atom stereocenters. The highest BCUT2D eigenvalue weighted by molar-refractivity contribution is 5.91. The first-order valence-corrected chi connectivity index (χ1v) is 7.14. The number of anilines is 1. The van der Waals surface area contributed by atoms with E-state index < -0.39 is 0 Å². The predicted octanol–water partition coefficient (Wildman–Crippen LogP) is 2.61. The molecule has 1 aromatic heterocycles. The van der Waals surface area contributed by atoms with Crippen LogP contribution in [0.2, 0.25) is 0 Å². The molecule has 0 aliphatic heterocycles. The highest BCUT2D eigenvalue weighted by Crippen LogP contribution is 2.09. The molecule has 5 nitrogen and oxygen atoms in total. The third kappa shape index (κ3) is 4.51. The standard InChI is InChI=1S/C16H19FN4O/c1-11(2)7-21-16(22)14-9-20-15(10-18-14)19-8-12-5-3-4-6-13(12)17/h3-6,9-11H,7-8H2,1-2H3,(H,19,20)(H,21,22). The molecule has 0 radical (unpaired) electrons. The van der Waals surface area contributed by atoms with Crippen molar-refractivity contribution in [3.63, 3.8) is 0 Å². The van der Waals surface area contributed by atoms with Gasteiger partial charge in [0.1, 0.15) is 17.3 Å². The van der Waals surface area contributed by atoms with Gasteiger partial charge in [0.15, 0.2) is 0 Å². The molecule has 6 heteroatoms. The van der Waals surface area contributed by atoms with Crippen molar-refractivity contribution in [2.75, 3.05) is 11.9 Å². The number of hydrogen-bond donors (Lipinski definition) is 2. The summed E-state index contributed by atoms with van der Waals surface area (Å²) >= 11 is 0. The molecule has 0 aliphatic rings. The zero-order valence-electron chi connectivity index (χ0n) is 12.6. The van der Waals surface area contributed by atoms with Gasteiger partial charge in [0.2, 0.25) is 0 Å². The summed E-state index contributed by atoms with van der Waals surface area (Å²) in [7, 11) is 0. The molecule has 0 saturated carbocycles. The Kier molecular flexibility index (Phi) is 5.41. The minimum atomic E-state index is -0.271. The number of hydrogen-bond acceptors (Lipinski definition) is 4. The Morgan fingerprint density at radius 3 is 2.64 bits per heavy atom. The predicted molar refractivity (Wildman–Crippen MR) is 82.9 cm³/mol.